The Labute approximate surface area is 132 Å². The number of ether oxygens (including phenoxy) is 2. The lowest BCUT2D eigenvalue weighted by Crippen LogP contribution is -2.16. The van der Waals surface area contributed by atoms with Gasteiger partial charge in [0.1, 0.15) is 12.4 Å². The average Bonchev–Trinajstić information content (AvgIpc) is 3.05. The van der Waals surface area contributed by atoms with Crippen LogP contribution in [0.15, 0.2) is 48.5 Å². The topological polar surface area (TPSA) is 30.5 Å². The second kappa shape index (κ2) is 7.32. The monoisotopic (exact) mass is 297 g/mol. The van der Waals surface area contributed by atoms with E-state index in [4.69, 9.17) is 9.47 Å². The molecule has 116 valence electrons. The first-order valence-corrected chi connectivity index (χ1v) is 7.93. The quantitative estimate of drug-likeness (QED) is 0.868. The van der Waals surface area contributed by atoms with E-state index in [0.717, 1.165) is 37.4 Å². The van der Waals surface area contributed by atoms with E-state index in [1.54, 1.807) is 0 Å². The molecule has 0 saturated carbocycles. The summed E-state index contributed by atoms with van der Waals surface area (Å²) in [7, 11) is 0. The number of rotatable bonds is 6. The fourth-order valence-corrected chi connectivity index (χ4v) is 2.63. The van der Waals surface area contributed by atoms with Crippen LogP contribution in [0.5, 0.6) is 5.75 Å². The standard InChI is InChI=1S/C19H23NO2/c1-15-4-2-5-17(12-15)20-13-16-7-9-18(10-8-16)22-14-19-6-3-11-21-19/h2,4-5,7-10,12,19-20H,3,6,11,13-14H2,1H3. The highest BCUT2D eigenvalue weighted by atomic mass is 16.5. The van der Waals surface area contributed by atoms with Crippen molar-refractivity contribution in [3.63, 3.8) is 0 Å². The third-order valence-electron chi connectivity index (χ3n) is 3.90. The molecule has 0 aromatic heterocycles. The summed E-state index contributed by atoms with van der Waals surface area (Å²) in [5, 5.41) is 3.44. The van der Waals surface area contributed by atoms with Crippen molar-refractivity contribution in [1.29, 1.82) is 0 Å². The SMILES string of the molecule is Cc1cccc(NCc2ccc(OCC3CCCO3)cc2)c1. The molecule has 1 aliphatic rings. The lowest BCUT2D eigenvalue weighted by atomic mass is 10.2. The van der Waals surface area contributed by atoms with Crippen LogP contribution < -0.4 is 10.1 Å². The minimum Gasteiger partial charge on any atom is -0.491 e. The Morgan fingerprint density at radius 1 is 1.18 bits per heavy atom. The van der Waals surface area contributed by atoms with Crippen molar-refractivity contribution in [3.8, 4) is 5.75 Å². The number of benzene rings is 2. The molecule has 1 heterocycles. The Kier molecular flexibility index (Phi) is 4.96. The van der Waals surface area contributed by atoms with Crippen LogP contribution in [-0.2, 0) is 11.3 Å². The molecule has 1 aliphatic heterocycles. The second-order valence-corrected chi connectivity index (χ2v) is 5.81. The summed E-state index contributed by atoms with van der Waals surface area (Å²) in [6.07, 6.45) is 2.53. The van der Waals surface area contributed by atoms with Crippen molar-refractivity contribution in [2.45, 2.75) is 32.4 Å². The van der Waals surface area contributed by atoms with Crippen molar-refractivity contribution < 1.29 is 9.47 Å². The smallest absolute Gasteiger partial charge is 0.119 e. The number of anilines is 1. The van der Waals surface area contributed by atoms with Gasteiger partial charge in [-0.1, -0.05) is 24.3 Å². The third-order valence-corrected chi connectivity index (χ3v) is 3.90. The van der Waals surface area contributed by atoms with Gasteiger partial charge in [0, 0.05) is 18.8 Å². The second-order valence-electron chi connectivity index (χ2n) is 5.81. The first kappa shape index (κ1) is 14.9. The molecule has 1 atom stereocenters. The maximum Gasteiger partial charge on any atom is 0.119 e. The van der Waals surface area contributed by atoms with Crippen molar-refractivity contribution in [2.24, 2.45) is 0 Å². The molecule has 0 aliphatic carbocycles. The normalized spacial score (nSPS) is 17.4. The van der Waals surface area contributed by atoms with Crippen molar-refractivity contribution in [3.05, 3.63) is 59.7 Å². The van der Waals surface area contributed by atoms with Gasteiger partial charge in [-0.25, -0.2) is 0 Å². The first-order valence-electron chi connectivity index (χ1n) is 7.93. The largest absolute Gasteiger partial charge is 0.491 e. The van der Waals surface area contributed by atoms with Gasteiger partial charge in [0.2, 0.25) is 0 Å². The molecular formula is C19H23NO2. The van der Waals surface area contributed by atoms with Crippen LogP contribution >= 0.6 is 0 Å². The van der Waals surface area contributed by atoms with Crippen molar-refractivity contribution >= 4 is 5.69 Å². The molecule has 2 aromatic rings. The van der Waals surface area contributed by atoms with Gasteiger partial charge in [0.15, 0.2) is 0 Å². The van der Waals surface area contributed by atoms with E-state index in [-0.39, 0.29) is 6.10 Å². The van der Waals surface area contributed by atoms with Crippen molar-refractivity contribution in [2.75, 3.05) is 18.5 Å². The molecule has 0 amide bonds. The van der Waals surface area contributed by atoms with E-state index in [1.807, 2.05) is 12.1 Å². The molecule has 3 heteroatoms. The molecule has 1 fully saturated rings. The highest BCUT2D eigenvalue weighted by Crippen LogP contribution is 2.17. The highest BCUT2D eigenvalue weighted by Gasteiger charge is 2.15. The van der Waals surface area contributed by atoms with E-state index < -0.39 is 0 Å². The summed E-state index contributed by atoms with van der Waals surface area (Å²) in [5.74, 6) is 0.912. The van der Waals surface area contributed by atoms with E-state index >= 15 is 0 Å². The minimum atomic E-state index is 0.266. The van der Waals surface area contributed by atoms with Gasteiger partial charge in [-0.15, -0.1) is 0 Å². The molecule has 0 spiro atoms. The molecule has 1 unspecified atom stereocenters. The lowest BCUT2D eigenvalue weighted by Gasteiger charge is -2.12. The van der Waals surface area contributed by atoms with Gasteiger partial charge in [-0.05, 0) is 55.2 Å². The van der Waals surface area contributed by atoms with E-state index in [0.29, 0.717) is 6.61 Å². The Hall–Kier alpha value is -2.00. The van der Waals surface area contributed by atoms with Crippen LogP contribution in [0.1, 0.15) is 24.0 Å². The number of nitrogens with one attached hydrogen (secondary N) is 1. The Morgan fingerprint density at radius 2 is 2.05 bits per heavy atom. The van der Waals surface area contributed by atoms with Gasteiger partial charge in [0.25, 0.3) is 0 Å². The molecule has 3 rings (SSSR count). The molecule has 2 aromatic carbocycles. The zero-order chi connectivity index (χ0) is 15.2. The van der Waals surface area contributed by atoms with Crippen LogP contribution in [0.3, 0.4) is 0 Å². The summed E-state index contributed by atoms with van der Waals surface area (Å²) in [5.41, 5.74) is 3.66. The van der Waals surface area contributed by atoms with Gasteiger partial charge in [0.05, 0.1) is 6.10 Å². The van der Waals surface area contributed by atoms with Gasteiger partial charge < -0.3 is 14.8 Å². The van der Waals surface area contributed by atoms with E-state index in [2.05, 4.69) is 48.6 Å². The zero-order valence-corrected chi connectivity index (χ0v) is 13.0. The predicted molar refractivity (Wildman–Crippen MR) is 89.4 cm³/mol. The van der Waals surface area contributed by atoms with Crippen LogP contribution in [0.2, 0.25) is 0 Å². The molecular weight excluding hydrogens is 274 g/mol. The summed E-state index contributed by atoms with van der Waals surface area (Å²) in [4.78, 5) is 0. The van der Waals surface area contributed by atoms with Crippen LogP contribution in [0.4, 0.5) is 5.69 Å². The Balaban J connectivity index is 1.48. The molecule has 1 saturated heterocycles. The van der Waals surface area contributed by atoms with E-state index in [9.17, 15) is 0 Å². The maximum atomic E-state index is 5.78. The third kappa shape index (κ3) is 4.25. The highest BCUT2D eigenvalue weighted by molar-refractivity contribution is 5.46. The van der Waals surface area contributed by atoms with E-state index in [1.165, 1.54) is 11.1 Å². The van der Waals surface area contributed by atoms with Gasteiger partial charge in [-0.3, -0.25) is 0 Å². The fraction of sp³-hybridized carbons (Fsp3) is 0.368. The van der Waals surface area contributed by atoms with Crippen LogP contribution in [-0.4, -0.2) is 19.3 Å². The molecule has 1 N–H and O–H groups in total. The summed E-state index contributed by atoms with van der Waals surface area (Å²) < 4.78 is 11.3. The van der Waals surface area contributed by atoms with Crippen LogP contribution in [0.25, 0.3) is 0 Å². The summed E-state index contributed by atoms with van der Waals surface area (Å²) >= 11 is 0. The number of hydrogen-bond donors (Lipinski definition) is 1. The first-order chi connectivity index (χ1) is 10.8. The number of hydrogen-bond acceptors (Lipinski definition) is 3. The maximum absolute atomic E-state index is 5.78. The van der Waals surface area contributed by atoms with Gasteiger partial charge >= 0.3 is 0 Å². The predicted octanol–water partition coefficient (Wildman–Crippen LogP) is 4.16. The Bertz CT molecular complexity index is 589. The lowest BCUT2D eigenvalue weighted by molar-refractivity contribution is 0.0679. The Morgan fingerprint density at radius 3 is 2.77 bits per heavy atom. The fourth-order valence-electron chi connectivity index (χ4n) is 2.63. The molecule has 0 radical (unpaired) electrons. The molecule has 0 bridgehead atoms. The summed E-state index contributed by atoms with van der Waals surface area (Å²) in [6, 6.07) is 16.7. The molecule has 3 nitrogen and oxygen atoms in total. The average molecular weight is 297 g/mol. The van der Waals surface area contributed by atoms with Crippen LogP contribution in [0, 0.1) is 6.92 Å². The van der Waals surface area contributed by atoms with Crippen molar-refractivity contribution in [1.82, 2.24) is 0 Å². The minimum absolute atomic E-state index is 0.266. The summed E-state index contributed by atoms with van der Waals surface area (Å²) in [6.45, 7) is 4.44. The molecule has 22 heavy (non-hydrogen) atoms. The van der Waals surface area contributed by atoms with Gasteiger partial charge in [-0.2, -0.15) is 0 Å². The number of aryl methyl sites for hydroxylation is 1. The zero-order valence-electron chi connectivity index (χ0n) is 13.0.